The maximum absolute atomic E-state index is 13.1. The summed E-state index contributed by atoms with van der Waals surface area (Å²) < 4.78 is 0. The van der Waals surface area contributed by atoms with Gasteiger partial charge in [-0.15, -0.1) is 0 Å². The average molecular weight is 414 g/mol. The summed E-state index contributed by atoms with van der Waals surface area (Å²) in [6.07, 6.45) is 0.838. The van der Waals surface area contributed by atoms with Gasteiger partial charge in [-0.1, -0.05) is 55.8 Å². The van der Waals surface area contributed by atoms with Gasteiger partial charge in [0.2, 0.25) is 5.91 Å². The number of hydrogen-bond donors (Lipinski definition) is 1. The van der Waals surface area contributed by atoms with Crippen LogP contribution in [-0.4, -0.2) is 41.4 Å². The van der Waals surface area contributed by atoms with Gasteiger partial charge in [-0.3, -0.25) is 4.79 Å². The number of hydrogen-bond acceptors (Lipinski definition) is 2. The van der Waals surface area contributed by atoms with E-state index in [1.165, 1.54) is 11.1 Å². The zero-order chi connectivity index (χ0) is 21.0. The van der Waals surface area contributed by atoms with Gasteiger partial charge in [0.25, 0.3) is 0 Å². The van der Waals surface area contributed by atoms with E-state index >= 15 is 0 Å². The fourth-order valence-corrected chi connectivity index (χ4v) is 3.99. The monoisotopic (exact) mass is 413 g/mol. The molecule has 3 rings (SSSR count). The van der Waals surface area contributed by atoms with Crippen LogP contribution in [-0.2, 0) is 11.2 Å². The second-order valence-electron chi connectivity index (χ2n) is 7.93. The number of fused-ring (bicyclic) bond motifs is 1. The zero-order valence-corrected chi connectivity index (χ0v) is 17.9. The molecule has 3 amide bonds. The van der Waals surface area contributed by atoms with Crippen molar-refractivity contribution in [2.45, 2.75) is 33.2 Å². The Morgan fingerprint density at radius 1 is 1.21 bits per heavy atom. The van der Waals surface area contributed by atoms with Gasteiger partial charge in [-0.2, -0.15) is 0 Å². The number of anilines is 1. The zero-order valence-electron chi connectivity index (χ0n) is 17.2. The van der Waals surface area contributed by atoms with E-state index in [0.29, 0.717) is 23.8 Å². The largest absolute Gasteiger partial charge is 0.334 e. The van der Waals surface area contributed by atoms with Gasteiger partial charge in [0.1, 0.15) is 6.54 Å². The van der Waals surface area contributed by atoms with Crippen LogP contribution in [0.3, 0.4) is 0 Å². The van der Waals surface area contributed by atoms with Gasteiger partial charge in [0, 0.05) is 23.8 Å². The fraction of sp³-hybridized carbons (Fsp3) is 0.391. The van der Waals surface area contributed by atoms with E-state index in [1.807, 2.05) is 30.9 Å². The molecule has 0 aliphatic carbocycles. The highest BCUT2D eigenvalue weighted by molar-refractivity contribution is 6.30. The Morgan fingerprint density at radius 2 is 1.97 bits per heavy atom. The van der Waals surface area contributed by atoms with Crippen molar-refractivity contribution in [3.63, 3.8) is 0 Å². The lowest BCUT2D eigenvalue weighted by molar-refractivity contribution is -0.134. The van der Waals surface area contributed by atoms with Crippen molar-refractivity contribution in [3.8, 4) is 0 Å². The van der Waals surface area contributed by atoms with Gasteiger partial charge < -0.3 is 15.1 Å². The van der Waals surface area contributed by atoms with Crippen molar-refractivity contribution in [3.05, 3.63) is 64.7 Å². The summed E-state index contributed by atoms with van der Waals surface area (Å²) in [5, 5.41) is 3.41. The van der Waals surface area contributed by atoms with Crippen LogP contribution in [0, 0.1) is 5.92 Å². The summed E-state index contributed by atoms with van der Waals surface area (Å²) in [6.45, 7) is 7.33. The molecule has 1 unspecified atom stereocenters. The first kappa shape index (κ1) is 21.2. The summed E-state index contributed by atoms with van der Waals surface area (Å²) in [5.74, 6) is 0.210. The van der Waals surface area contributed by atoms with Gasteiger partial charge in [-0.05, 0) is 48.6 Å². The molecule has 0 saturated carbocycles. The van der Waals surface area contributed by atoms with E-state index < -0.39 is 0 Å². The van der Waals surface area contributed by atoms with Crippen molar-refractivity contribution in [2.75, 3.05) is 25.0 Å². The molecule has 1 heterocycles. The van der Waals surface area contributed by atoms with Crippen LogP contribution in [0.2, 0.25) is 5.02 Å². The number of carbonyl (C=O) groups is 2. The summed E-state index contributed by atoms with van der Waals surface area (Å²) in [5.41, 5.74) is 3.09. The standard InChI is InChI=1S/C23H28ClN3O2/c1-16(2)14-26(23(29)25-20-9-6-8-19(24)13-20)15-22(28)27-12-11-18-7-4-5-10-21(18)17(27)3/h4-10,13,16-17H,11-12,14-15H2,1-3H3,(H,25,29). The van der Waals surface area contributed by atoms with Gasteiger partial charge in [0.05, 0.1) is 6.04 Å². The van der Waals surface area contributed by atoms with Crippen LogP contribution in [0.15, 0.2) is 48.5 Å². The topological polar surface area (TPSA) is 52.7 Å². The van der Waals surface area contributed by atoms with Crippen LogP contribution in [0.5, 0.6) is 0 Å². The lowest BCUT2D eigenvalue weighted by atomic mass is 9.93. The maximum Gasteiger partial charge on any atom is 0.322 e. The van der Waals surface area contributed by atoms with Gasteiger partial charge in [0.15, 0.2) is 0 Å². The van der Waals surface area contributed by atoms with E-state index in [2.05, 4.69) is 24.4 Å². The second kappa shape index (κ2) is 9.31. The number of amides is 3. The molecular formula is C23H28ClN3O2. The van der Waals surface area contributed by atoms with E-state index in [0.717, 1.165) is 6.42 Å². The third kappa shape index (κ3) is 5.30. The summed E-state index contributed by atoms with van der Waals surface area (Å²) in [4.78, 5) is 29.4. The highest BCUT2D eigenvalue weighted by Gasteiger charge is 2.29. The molecule has 0 bridgehead atoms. The maximum atomic E-state index is 13.1. The first-order valence-electron chi connectivity index (χ1n) is 10.0. The van der Waals surface area contributed by atoms with Crippen LogP contribution in [0.25, 0.3) is 0 Å². The quantitative estimate of drug-likeness (QED) is 0.751. The van der Waals surface area contributed by atoms with Crippen molar-refractivity contribution in [1.82, 2.24) is 9.80 Å². The Labute approximate surface area is 177 Å². The molecule has 1 aliphatic rings. The third-order valence-electron chi connectivity index (χ3n) is 5.19. The smallest absolute Gasteiger partial charge is 0.322 e. The molecular weight excluding hydrogens is 386 g/mol. The molecule has 5 nitrogen and oxygen atoms in total. The van der Waals surface area contributed by atoms with E-state index in [-0.39, 0.29) is 30.4 Å². The molecule has 1 aliphatic heterocycles. The van der Waals surface area contributed by atoms with E-state index in [1.54, 1.807) is 29.2 Å². The molecule has 29 heavy (non-hydrogen) atoms. The van der Waals surface area contributed by atoms with Crippen molar-refractivity contribution in [1.29, 1.82) is 0 Å². The van der Waals surface area contributed by atoms with E-state index in [4.69, 9.17) is 11.6 Å². The van der Waals surface area contributed by atoms with Crippen LogP contribution >= 0.6 is 11.6 Å². The normalized spacial score (nSPS) is 15.8. The lowest BCUT2D eigenvalue weighted by Crippen LogP contribution is -2.48. The molecule has 0 spiro atoms. The first-order chi connectivity index (χ1) is 13.8. The molecule has 0 radical (unpaired) electrons. The minimum absolute atomic E-state index is 0.00402. The number of halogens is 1. The van der Waals surface area contributed by atoms with E-state index in [9.17, 15) is 9.59 Å². The molecule has 0 fully saturated rings. The molecule has 1 atom stereocenters. The Morgan fingerprint density at radius 3 is 2.69 bits per heavy atom. The molecule has 0 aromatic heterocycles. The summed E-state index contributed by atoms with van der Waals surface area (Å²) in [6, 6.07) is 15.0. The second-order valence-corrected chi connectivity index (χ2v) is 8.36. The number of rotatable bonds is 5. The Balaban J connectivity index is 1.71. The van der Waals surface area contributed by atoms with Crippen molar-refractivity contribution < 1.29 is 9.59 Å². The van der Waals surface area contributed by atoms with Crippen LogP contribution < -0.4 is 5.32 Å². The predicted molar refractivity (Wildman–Crippen MR) is 117 cm³/mol. The molecule has 0 saturated heterocycles. The van der Waals surface area contributed by atoms with Gasteiger partial charge >= 0.3 is 6.03 Å². The van der Waals surface area contributed by atoms with Crippen molar-refractivity contribution >= 4 is 29.2 Å². The highest BCUT2D eigenvalue weighted by atomic mass is 35.5. The third-order valence-corrected chi connectivity index (χ3v) is 5.42. The minimum Gasteiger partial charge on any atom is -0.334 e. The first-order valence-corrected chi connectivity index (χ1v) is 10.4. The lowest BCUT2D eigenvalue weighted by Gasteiger charge is -2.37. The number of carbonyl (C=O) groups excluding carboxylic acids is 2. The predicted octanol–water partition coefficient (Wildman–Crippen LogP) is 4.98. The number of urea groups is 1. The number of nitrogens with one attached hydrogen (secondary N) is 1. The molecule has 6 heteroatoms. The Bertz CT molecular complexity index is 884. The SMILES string of the molecule is CC(C)CN(CC(=O)N1CCc2ccccc2C1C)C(=O)Nc1cccc(Cl)c1. The highest BCUT2D eigenvalue weighted by Crippen LogP contribution is 2.29. The molecule has 2 aromatic carbocycles. The molecule has 2 aromatic rings. The Hall–Kier alpha value is -2.53. The number of nitrogens with zero attached hydrogens (tertiary/aromatic N) is 2. The number of benzene rings is 2. The van der Waals surface area contributed by atoms with Crippen molar-refractivity contribution in [2.24, 2.45) is 5.92 Å². The molecule has 1 N–H and O–H groups in total. The molecule has 154 valence electrons. The van der Waals surface area contributed by atoms with Crippen LogP contribution in [0.1, 0.15) is 37.9 Å². The summed E-state index contributed by atoms with van der Waals surface area (Å²) in [7, 11) is 0. The van der Waals surface area contributed by atoms with Crippen LogP contribution in [0.4, 0.5) is 10.5 Å². The fourth-order valence-electron chi connectivity index (χ4n) is 3.80. The van der Waals surface area contributed by atoms with Gasteiger partial charge in [-0.25, -0.2) is 4.79 Å². The Kier molecular flexibility index (Phi) is 6.80. The average Bonchev–Trinajstić information content (AvgIpc) is 2.67. The minimum atomic E-state index is -0.292. The summed E-state index contributed by atoms with van der Waals surface area (Å²) >= 11 is 6.01.